The van der Waals surface area contributed by atoms with Crippen molar-refractivity contribution in [3.63, 3.8) is 0 Å². The van der Waals surface area contributed by atoms with E-state index in [1.54, 1.807) is 24.3 Å². The molecule has 0 bridgehead atoms. The zero-order valence-corrected chi connectivity index (χ0v) is 22.7. The predicted octanol–water partition coefficient (Wildman–Crippen LogP) is 5.32. The molecule has 0 spiro atoms. The first kappa shape index (κ1) is 28.7. The summed E-state index contributed by atoms with van der Waals surface area (Å²) in [7, 11) is 0. The molecule has 1 aliphatic rings. The van der Waals surface area contributed by atoms with Crippen LogP contribution in [0.2, 0.25) is 0 Å². The number of carbonyl (C=O) groups excluding carboxylic acids is 1. The van der Waals surface area contributed by atoms with Crippen LogP contribution in [-0.4, -0.2) is 48.4 Å². The minimum atomic E-state index is -1.45. The Morgan fingerprint density at radius 1 is 0.610 bits per heavy atom. The fraction of sp³-hybridized carbons (Fsp3) is 0.265. The highest BCUT2D eigenvalue weighted by Gasteiger charge is 2.49. The normalized spacial score (nSPS) is 22.2. The van der Waals surface area contributed by atoms with Gasteiger partial charge in [0.05, 0.1) is 32.0 Å². The molecule has 1 N–H and O–H groups in total. The summed E-state index contributed by atoms with van der Waals surface area (Å²) in [5, 5.41) is 11.1. The van der Waals surface area contributed by atoms with Crippen molar-refractivity contribution in [2.24, 2.45) is 0 Å². The van der Waals surface area contributed by atoms with Crippen LogP contribution in [0.4, 0.5) is 0 Å². The lowest BCUT2D eigenvalue weighted by Crippen LogP contribution is -2.61. The first-order valence-electron chi connectivity index (χ1n) is 13.7. The van der Waals surface area contributed by atoms with Gasteiger partial charge in [0, 0.05) is 0 Å². The maximum absolute atomic E-state index is 13.1. The van der Waals surface area contributed by atoms with Crippen LogP contribution in [0.3, 0.4) is 0 Å². The molecule has 1 fully saturated rings. The number of hydrogen-bond donors (Lipinski definition) is 1. The maximum Gasteiger partial charge on any atom is 0.338 e. The SMILES string of the molecule is O=C(O[C@H]1[C@@H](OCc2ccccc2)[C@@H](OCc2ccccc2)C(COCc2ccccc2)O[C@H]1O)c1ccccc1. The van der Waals surface area contributed by atoms with Crippen molar-refractivity contribution in [2.45, 2.75) is 50.5 Å². The third-order valence-corrected chi connectivity index (χ3v) is 6.83. The van der Waals surface area contributed by atoms with Crippen molar-refractivity contribution >= 4 is 5.97 Å². The second-order valence-corrected chi connectivity index (χ2v) is 9.82. The molecule has 4 aromatic rings. The van der Waals surface area contributed by atoms with Crippen molar-refractivity contribution in [2.75, 3.05) is 6.61 Å². The Labute approximate surface area is 240 Å². The molecule has 212 valence electrons. The second kappa shape index (κ2) is 14.7. The standard InChI is InChI=1S/C34H34O7/c35-33(28-19-11-4-12-20-28)41-32-31(39-23-27-17-9-3-10-18-27)30(38-22-26-15-7-2-8-16-26)29(40-34(32)36)24-37-21-25-13-5-1-6-14-25/h1-20,29-32,34,36H,21-24H2/t29?,30-,31-,32-,34+/m0/s1. The largest absolute Gasteiger partial charge is 0.450 e. The molecular formula is C34H34O7. The van der Waals surface area contributed by atoms with Crippen LogP contribution in [0.5, 0.6) is 0 Å². The molecule has 1 unspecified atom stereocenters. The van der Waals surface area contributed by atoms with Crippen molar-refractivity contribution in [3.05, 3.63) is 144 Å². The summed E-state index contributed by atoms with van der Waals surface area (Å²) in [4.78, 5) is 13.1. The van der Waals surface area contributed by atoms with E-state index in [-0.39, 0.29) is 19.8 Å². The molecule has 1 saturated heterocycles. The Morgan fingerprint density at radius 2 is 1.07 bits per heavy atom. The van der Waals surface area contributed by atoms with Gasteiger partial charge in [0.1, 0.15) is 18.3 Å². The summed E-state index contributed by atoms with van der Waals surface area (Å²) >= 11 is 0. The van der Waals surface area contributed by atoms with E-state index in [9.17, 15) is 9.90 Å². The van der Waals surface area contributed by atoms with Gasteiger partial charge in [-0.25, -0.2) is 4.79 Å². The molecule has 0 radical (unpaired) electrons. The minimum absolute atomic E-state index is 0.135. The minimum Gasteiger partial charge on any atom is -0.450 e. The second-order valence-electron chi connectivity index (χ2n) is 9.82. The summed E-state index contributed by atoms with van der Waals surface area (Å²) < 4.78 is 30.7. The molecule has 0 amide bonds. The zero-order chi connectivity index (χ0) is 28.3. The maximum atomic E-state index is 13.1. The molecule has 7 nitrogen and oxygen atoms in total. The fourth-order valence-electron chi connectivity index (χ4n) is 4.71. The Bertz CT molecular complexity index is 1320. The van der Waals surface area contributed by atoms with Gasteiger partial charge in [0.2, 0.25) is 0 Å². The van der Waals surface area contributed by atoms with Gasteiger partial charge in [-0.3, -0.25) is 0 Å². The Kier molecular flexibility index (Phi) is 10.3. The van der Waals surface area contributed by atoms with Crippen molar-refractivity contribution in [3.8, 4) is 0 Å². The van der Waals surface area contributed by atoms with E-state index in [1.165, 1.54) is 0 Å². The van der Waals surface area contributed by atoms with Gasteiger partial charge in [0.25, 0.3) is 0 Å². The van der Waals surface area contributed by atoms with Crippen LogP contribution in [0.1, 0.15) is 27.0 Å². The van der Waals surface area contributed by atoms with Gasteiger partial charge >= 0.3 is 5.97 Å². The van der Waals surface area contributed by atoms with Crippen LogP contribution in [0, 0.1) is 0 Å². The zero-order valence-electron chi connectivity index (χ0n) is 22.7. The number of esters is 1. The lowest BCUT2D eigenvalue weighted by molar-refractivity contribution is -0.306. The molecule has 7 heteroatoms. The molecule has 0 aliphatic carbocycles. The van der Waals surface area contributed by atoms with E-state index >= 15 is 0 Å². The highest BCUT2D eigenvalue weighted by Crippen LogP contribution is 2.30. The number of carbonyl (C=O) groups is 1. The van der Waals surface area contributed by atoms with Crippen LogP contribution in [0.15, 0.2) is 121 Å². The van der Waals surface area contributed by atoms with Crippen molar-refractivity contribution < 1.29 is 33.6 Å². The van der Waals surface area contributed by atoms with Crippen molar-refractivity contribution in [1.29, 1.82) is 0 Å². The summed E-state index contributed by atoms with van der Waals surface area (Å²) in [5.41, 5.74) is 3.26. The van der Waals surface area contributed by atoms with Gasteiger partial charge in [-0.15, -0.1) is 0 Å². The number of benzene rings is 4. The molecule has 1 aliphatic heterocycles. The number of hydrogen-bond acceptors (Lipinski definition) is 7. The van der Waals surface area contributed by atoms with Crippen LogP contribution >= 0.6 is 0 Å². The third-order valence-electron chi connectivity index (χ3n) is 6.83. The van der Waals surface area contributed by atoms with E-state index in [1.807, 2.05) is 97.1 Å². The Hall–Kier alpha value is -3.85. The lowest BCUT2D eigenvalue weighted by Gasteiger charge is -2.44. The topological polar surface area (TPSA) is 83.5 Å². The molecular weight excluding hydrogens is 520 g/mol. The number of ether oxygens (including phenoxy) is 5. The van der Waals surface area contributed by atoms with Crippen molar-refractivity contribution in [1.82, 2.24) is 0 Å². The van der Waals surface area contributed by atoms with E-state index < -0.39 is 36.7 Å². The van der Waals surface area contributed by atoms with E-state index in [0.29, 0.717) is 12.2 Å². The number of rotatable bonds is 12. The molecule has 0 aromatic heterocycles. The molecule has 5 rings (SSSR count). The van der Waals surface area contributed by atoms with Crippen LogP contribution in [-0.2, 0) is 43.5 Å². The van der Waals surface area contributed by atoms with Gasteiger partial charge in [-0.1, -0.05) is 109 Å². The van der Waals surface area contributed by atoms with E-state index in [4.69, 9.17) is 23.7 Å². The molecule has 1 heterocycles. The predicted molar refractivity (Wildman–Crippen MR) is 153 cm³/mol. The number of aliphatic hydroxyl groups excluding tert-OH is 1. The quantitative estimate of drug-likeness (QED) is 0.238. The lowest BCUT2D eigenvalue weighted by atomic mass is 9.98. The van der Waals surface area contributed by atoms with Gasteiger partial charge in [-0.2, -0.15) is 0 Å². The molecule has 0 saturated carbocycles. The molecule has 5 atom stereocenters. The van der Waals surface area contributed by atoms with Crippen LogP contribution in [0.25, 0.3) is 0 Å². The van der Waals surface area contributed by atoms with E-state index in [0.717, 1.165) is 16.7 Å². The molecule has 41 heavy (non-hydrogen) atoms. The summed E-state index contributed by atoms with van der Waals surface area (Å²) in [5.74, 6) is -0.591. The van der Waals surface area contributed by atoms with Gasteiger partial charge in [0.15, 0.2) is 12.4 Å². The molecule has 4 aromatic carbocycles. The highest BCUT2D eigenvalue weighted by atomic mass is 16.7. The van der Waals surface area contributed by atoms with Crippen LogP contribution < -0.4 is 0 Å². The van der Waals surface area contributed by atoms with Gasteiger partial charge in [-0.05, 0) is 28.8 Å². The Balaban J connectivity index is 1.39. The van der Waals surface area contributed by atoms with E-state index in [2.05, 4.69) is 0 Å². The van der Waals surface area contributed by atoms with Gasteiger partial charge < -0.3 is 28.8 Å². The summed E-state index contributed by atoms with van der Waals surface area (Å²) in [6.45, 7) is 0.991. The first-order valence-corrected chi connectivity index (χ1v) is 13.7. The third kappa shape index (κ3) is 8.10. The highest BCUT2D eigenvalue weighted by molar-refractivity contribution is 5.89. The summed E-state index contributed by atoms with van der Waals surface area (Å²) in [6.07, 6.45) is -4.85. The fourth-order valence-corrected chi connectivity index (χ4v) is 4.71. The smallest absolute Gasteiger partial charge is 0.338 e. The monoisotopic (exact) mass is 554 g/mol. The number of aliphatic hydroxyl groups is 1. The Morgan fingerprint density at radius 3 is 1.61 bits per heavy atom. The average molecular weight is 555 g/mol. The first-order chi connectivity index (χ1) is 20.2. The average Bonchev–Trinajstić information content (AvgIpc) is 3.02. The summed E-state index contributed by atoms with van der Waals surface area (Å²) in [6, 6.07) is 37.8.